The van der Waals surface area contributed by atoms with Gasteiger partial charge in [-0.25, -0.2) is 12.7 Å². The van der Waals surface area contributed by atoms with E-state index in [1.807, 2.05) is 7.05 Å². The fraction of sp³-hybridized carbons (Fsp3) is 0.917. The molecule has 1 unspecified atom stereocenters. The van der Waals surface area contributed by atoms with Gasteiger partial charge in [0.2, 0.25) is 15.9 Å². The van der Waals surface area contributed by atoms with Gasteiger partial charge in [0.05, 0.1) is 0 Å². The first-order chi connectivity index (χ1) is 8.94. The predicted octanol–water partition coefficient (Wildman–Crippen LogP) is -0.132. The fourth-order valence-corrected chi connectivity index (χ4v) is 3.86. The van der Waals surface area contributed by atoms with E-state index in [0.29, 0.717) is 26.2 Å². The lowest BCUT2D eigenvalue weighted by atomic mass is 10.1. The van der Waals surface area contributed by atoms with Gasteiger partial charge in [-0.15, -0.1) is 0 Å². The average molecular weight is 291 g/mol. The Morgan fingerprint density at radius 1 is 1.37 bits per heavy atom. The number of amides is 1. The summed E-state index contributed by atoms with van der Waals surface area (Å²) in [5.41, 5.74) is 0. The van der Waals surface area contributed by atoms with Crippen LogP contribution in [0.5, 0.6) is 0 Å². The number of likely N-dealkylation sites (N-methyl/N-ethyl adjacent to an activating group) is 1. The second-order valence-electron chi connectivity index (χ2n) is 4.81. The van der Waals surface area contributed by atoms with Crippen LogP contribution < -0.4 is 5.32 Å². The normalized spacial score (nSPS) is 20.8. The van der Waals surface area contributed by atoms with E-state index in [4.69, 9.17) is 0 Å². The zero-order chi connectivity index (χ0) is 14.5. The van der Waals surface area contributed by atoms with Gasteiger partial charge in [-0.3, -0.25) is 4.79 Å². The maximum absolute atomic E-state index is 12.1. The third kappa shape index (κ3) is 4.43. The summed E-state index contributed by atoms with van der Waals surface area (Å²) in [6, 6.07) is 0.272. The molecule has 1 amide bonds. The molecule has 1 saturated heterocycles. The third-order valence-electron chi connectivity index (χ3n) is 3.59. The number of hydrogen-bond donors (Lipinski definition) is 1. The summed E-state index contributed by atoms with van der Waals surface area (Å²) >= 11 is 0. The van der Waals surface area contributed by atoms with Crippen LogP contribution in [0.1, 0.15) is 26.7 Å². The highest BCUT2D eigenvalue weighted by atomic mass is 32.2. The van der Waals surface area contributed by atoms with Gasteiger partial charge < -0.3 is 10.2 Å². The topological polar surface area (TPSA) is 69.7 Å². The Morgan fingerprint density at radius 3 is 2.53 bits per heavy atom. The van der Waals surface area contributed by atoms with Gasteiger partial charge in [0.15, 0.2) is 0 Å². The van der Waals surface area contributed by atoms with Crippen LogP contribution >= 0.6 is 0 Å². The van der Waals surface area contributed by atoms with Crippen molar-refractivity contribution in [3.8, 4) is 0 Å². The molecule has 0 saturated carbocycles. The highest BCUT2D eigenvalue weighted by Gasteiger charge is 2.28. The van der Waals surface area contributed by atoms with E-state index in [9.17, 15) is 13.2 Å². The van der Waals surface area contributed by atoms with Gasteiger partial charge in [-0.1, -0.05) is 13.8 Å². The summed E-state index contributed by atoms with van der Waals surface area (Å²) in [7, 11) is -1.61. The summed E-state index contributed by atoms with van der Waals surface area (Å²) in [4.78, 5) is 13.8. The number of likely N-dealkylation sites (tertiary alicyclic amines) is 1. The number of piperidine rings is 1. The molecule has 0 aromatic rings. The first kappa shape index (κ1) is 16.4. The summed E-state index contributed by atoms with van der Waals surface area (Å²) < 4.78 is 25.5. The molecule has 0 aromatic carbocycles. The van der Waals surface area contributed by atoms with E-state index in [2.05, 4.69) is 5.32 Å². The van der Waals surface area contributed by atoms with E-state index < -0.39 is 15.8 Å². The monoisotopic (exact) mass is 291 g/mol. The second-order valence-corrected chi connectivity index (χ2v) is 6.78. The van der Waals surface area contributed by atoms with E-state index in [1.165, 1.54) is 4.31 Å². The Labute approximate surface area is 116 Å². The molecule has 7 heteroatoms. The van der Waals surface area contributed by atoms with Crippen molar-refractivity contribution >= 4 is 15.9 Å². The molecule has 1 aliphatic heterocycles. The lowest BCUT2D eigenvalue weighted by Gasteiger charge is -2.33. The second kappa shape index (κ2) is 7.21. The van der Waals surface area contributed by atoms with Crippen molar-refractivity contribution in [1.82, 2.24) is 14.5 Å². The van der Waals surface area contributed by atoms with Crippen molar-refractivity contribution in [2.75, 3.05) is 39.0 Å². The summed E-state index contributed by atoms with van der Waals surface area (Å²) in [5, 5.41) is 3.14. The number of carbonyl (C=O) groups excluding carboxylic acids is 1. The Hall–Kier alpha value is -0.660. The minimum atomic E-state index is -3.47. The minimum absolute atomic E-state index is 0.272. The molecule has 112 valence electrons. The number of nitrogens with one attached hydrogen (secondary N) is 1. The molecule has 0 bridgehead atoms. The molecule has 19 heavy (non-hydrogen) atoms. The molecule has 1 atom stereocenters. The van der Waals surface area contributed by atoms with Crippen molar-refractivity contribution in [2.45, 2.75) is 32.7 Å². The van der Waals surface area contributed by atoms with Crippen LogP contribution in [0.15, 0.2) is 0 Å². The maximum Gasteiger partial charge on any atom is 0.239 e. The van der Waals surface area contributed by atoms with Gasteiger partial charge in [0.25, 0.3) is 0 Å². The number of hydrogen-bond acceptors (Lipinski definition) is 4. The zero-order valence-corrected chi connectivity index (χ0v) is 12.9. The molecule has 0 spiro atoms. The summed E-state index contributed by atoms with van der Waals surface area (Å²) in [5.74, 6) is -0.697. The largest absolute Gasteiger partial charge is 0.340 e. The smallest absolute Gasteiger partial charge is 0.239 e. The molecule has 1 heterocycles. The predicted molar refractivity (Wildman–Crippen MR) is 75.4 cm³/mol. The van der Waals surface area contributed by atoms with Crippen molar-refractivity contribution in [1.29, 1.82) is 0 Å². The van der Waals surface area contributed by atoms with Gasteiger partial charge in [-0.2, -0.15) is 0 Å². The van der Waals surface area contributed by atoms with Crippen molar-refractivity contribution in [3.63, 3.8) is 0 Å². The first-order valence-electron chi connectivity index (χ1n) is 6.87. The Balaban J connectivity index is 2.63. The third-order valence-corrected chi connectivity index (χ3v) is 5.50. The minimum Gasteiger partial charge on any atom is -0.340 e. The van der Waals surface area contributed by atoms with Crippen LogP contribution in [0, 0.1) is 0 Å². The van der Waals surface area contributed by atoms with Crippen molar-refractivity contribution in [2.24, 2.45) is 0 Å². The highest BCUT2D eigenvalue weighted by Crippen LogP contribution is 2.11. The maximum atomic E-state index is 12.1. The van der Waals surface area contributed by atoms with Crippen LogP contribution in [0.25, 0.3) is 0 Å². The molecule has 1 aliphatic rings. The Bertz CT molecular complexity index is 393. The molecular weight excluding hydrogens is 266 g/mol. The van der Waals surface area contributed by atoms with E-state index in [-0.39, 0.29) is 11.9 Å². The van der Waals surface area contributed by atoms with E-state index in [0.717, 1.165) is 12.8 Å². The highest BCUT2D eigenvalue weighted by molar-refractivity contribution is 7.89. The molecule has 1 rings (SSSR count). The molecule has 6 nitrogen and oxygen atoms in total. The molecular formula is C12H25N3O3S. The standard InChI is InChI=1S/C12H25N3O3S/c1-4-15(5-2)19(17,18)10-12(16)14-8-6-7-11(9-14)13-3/h11,13H,4-10H2,1-3H3. The van der Waals surface area contributed by atoms with Crippen LogP contribution in [0.4, 0.5) is 0 Å². The van der Waals surface area contributed by atoms with Gasteiger partial charge in [-0.05, 0) is 19.9 Å². The molecule has 0 aromatic heterocycles. The van der Waals surface area contributed by atoms with Gasteiger partial charge in [0.1, 0.15) is 5.75 Å². The quantitative estimate of drug-likeness (QED) is 0.740. The van der Waals surface area contributed by atoms with E-state index in [1.54, 1.807) is 18.7 Å². The van der Waals surface area contributed by atoms with Gasteiger partial charge in [0, 0.05) is 32.2 Å². The fourth-order valence-electron chi connectivity index (χ4n) is 2.39. The van der Waals surface area contributed by atoms with Crippen LogP contribution in [-0.2, 0) is 14.8 Å². The van der Waals surface area contributed by atoms with E-state index >= 15 is 0 Å². The molecule has 0 aliphatic carbocycles. The lowest BCUT2D eigenvalue weighted by molar-refractivity contribution is -0.129. The van der Waals surface area contributed by atoms with Gasteiger partial charge >= 0.3 is 0 Å². The first-order valence-corrected chi connectivity index (χ1v) is 8.48. The molecule has 1 fully saturated rings. The zero-order valence-electron chi connectivity index (χ0n) is 12.1. The van der Waals surface area contributed by atoms with Crippen molar-refractivity contribution < 1.29 is 13.2 Å². The summed E-state index contributed by atoms with van der Waals surface area (Å²) in [6.45, 7) is 5.64. The number of nitrogens with zero attached hydrogens (tertiary/aromatic N) is 2. The number of rotatable bonds is 6. The summed E-state index contributed by atoms with van der Waals surface area (Å²) in [6.07, 6.45) is 1.95. The van der Waals surface area contributed by atoms with Crippen LogP contribution in [0.3, 0.4) is 0 Å². The number of carbonyl (C=O) groups is 1. The SMILES string of the molecule is CCN(CC)S(=O)(=O)CC(=O)N1CCCC(NC)C1. The lowest BCUT2D eigenvalue weighted by Crippen LogP contribution is -2.49. The Kier molecular flexibility index (Phi) is 6.22. The van der Waals surface area contributed by atoms with Crippen LogP contribution in [-0.4, -0.2) is 68.6 Å². The van der Waals surface area contributed by atoms with Crippen LogP contribution in [0.2, 0.25) is 0 Å². The molecule has 1 N–H and O–H groups in total. The van der Waals surface area contributed by atoms with Crippen molar-refractivity contribution in [3.05, 3.63) is 0 Å². The number of sulfonamides is 1. The Morgan fingerprint density at radius 2 is 2.00 bits per heavy atom. The average Bonchev–Trinajstić information content (AvgIpc) is 2.39. The molecule has 0 radical (unpaired) electrons.